The number of ether oxygens (including phenoxy) is 2. The number of hydrogen-bond acceptors (Lipinski definition) is 5. The van der Waals surface area contributed by atoms with Crippen molar-refractivity contribution in [1.82, 2.24) is 4.90 Å². The number of benzene rings is 2. The zero-order chi connectivity index (χ0) is 26.8. The van der Waals surface area contributed by atoms with Crippen molar-refractivity contribution in [3.05, 3.63) is 70.3 Å². The maximum absolute atomic E-state index is 13.3. The number of likely N-dealkylation sites (tertiary alicyclic amines) is 1. The predicted octanol–water partition coefficient (Wildman–Crippen LogP) is 5.75. The lowest BCUT2D eigenvalue weighted by Crippen LogP contribution is -2.31. The summed E-state index contributed by atoms with van der Waals surface area (Å²) >= 11 is 0. The molecule has 2 aromatic carbocycles. The molecule has 1 amide bonds. The number of amides is 1. The van der Waals surface area contributed by atoms with Gasteiger partial charge in [-0.2, -0.15) is 0 Å². The van der Waals surface area contributed by atoms with Crippen LogP contribution in [0.1, 0.15) is 76.3 Å². The van der Waals surface area contributed by atoms with E-state index in [-0.39, 0.29) is 22.2 Å². The molecular formula is C30H39NO5. The van der Waals surface area contributed by atoms with E-state index in [0.29, 0.717) is 30.9 Å². The summed E-state index contributed by atoms with van der Waals surface area (Å²) in [7, 11) is 3.21. The van der Waals surface area contributed by atoms with E-state index >= 15 is 0 Å². The molecule has 1 unspecified atom stereocenters. The van der Waals surface area contributed by atoms with E-state index in [4.69, 9.17) is 9.47 Å². The molecule has 6 nitrogen and oxygen atoms in total. The summed E-state index contributed by atoms with van der Waals surface area (Å²) in [6, 6.07) is 12.6. The third-order valence-corrected chi connectivity index (χ3v) is 6.66. The van der Waals surface area contributed by atoms with Crippen molar-refractivity contribution in [3.8, 4) is 5.75 Å². The van der Waals surface area contributed by atoms with Crippen LogP contribution >= 0.6 is 0 Å². The van der Waals surface area contributed by atoms with Crippen LogP contribution in [0.15, 0.2) is 48.0 Å². The predicted molar refractivity (Wildman–Crippen MR) is 142 cm³/mol. The van der Waals surface area contributed by atoms with Gasteiger partial charge in [0.1, 0.15) is 11.5 Å². The Morgan fingerprint density at radius 2 is 1.58 bits per heavy atom. The van der Waals surface area contributed by atoms with Gasteiger partial charge in [0.2, 0.25) is 0 Å². The monoisotopic (exact) mass is 493 g/mol. The smallest absolute Gasteiger partial charge is 0.295 e. The van der Waals surface area contributed by atoms with Gasteiger partial charge >= 0.3 is 0 Å². The van der Waals surface area contributed by atoms with Crippen LogP contribution in [0, 0.1) is 0 Å². The molecule has 1 N–H and O–H groups in total. The van der Waals surface area contributed by atoms with Gasteiger partial charge in [-0.1, -0.05) is 65.8 Å². The minimum Gasteiger partial charge on any atom is -0.507 e. The Labute approximate surface area is 214 Å². The van der Waals surface area contributed by atoms with Crippen LogP contribution in [-0.4, -0.2) is 49.1 Å². The van der Waals surface area contributed by atoms with Crippen molar-refractivity contribution in [2.24, 2.45) is 0 Å². The number of aliphatic hydroxyl groups excluding tert-OH is 1. The first-order chi connectivity index (χ1) is 16.8. The second-order valence-corrected chi connectivity index (χ2v) is 11.4. The molecule has 0 spiro atoms. The number of rotatable bonds is 7. The highest BCUT2D eigenvalue weighted by Crippen LogP contribution is 2.41. The van der Waals surface area contributed by atoms with Crippen molar-refractivity contribution in [1.29, 1.82) is 0 Å². The van der Waals surface area contributed by atoms with Crippen LogP contribution in [0.5, 0.6) is 5.75 Å². The normalized spacial score (nSPS) is 18.1. The van der Waals surface area contributed by atoms with Crippen LogP contribution in [0.3, 0.4) is 0 Å². The second-order valence-electron chi connectivity index (χ2n) is 11.4. The molecule has 1 fully saturated rings. The second kappa shape index (κ2) is 10.5. The zero-order valence-electron chi connectivity index (χ0n) is 22.8. The third-order valence-electron chi connectivity index (χ3n) is 6.66. The highest BCUT2D eigenvalue weighted by Gasteiger charge is 2.46. The molecule has 0 radical (unpaired) electrons. The van der Waals surface area contributed by atoms with Crippen LogP contribution in [0.25, 0.3) is 5.76 Å². The third kappa shape index (κ3) is 5.49. The molecule has 1 heterocycles. The molecule has 2 aromatic rings. The van der Waals surface area contributed by atoms with E-state index in [2.05, 4.69) is 41.5 Å². The van der Waals surface area contributed by atoms with Crippen LogP contribution < -0.4 is 4.74 Å². The average Bonchev–Trinajstić information content (AvgIpc) is 3.07. The van der Waals surface area contributed by atoms with E-state index in [1.54, 1.807) is 31.3 Å². The molecule has 3 rings (SSSR count). The Hall–Kier alpha value is -3.12. The molecule has 0 aromatic heterocycles. The Morgan fingerprint density at radius 3 is 2.11 bits per heavy atom. The number of carbonyl (C=O) groups excluding carboxylic acids is 2. The summed E-state index contributed by atoms with van der Waals surface area (Å²) in [6.45, 7) is 13.4. The highest BCUT2D eigenvalue weighted by atomic mass is 16.5. The van der Waals surface area contributed by atoms with Crippen LogP contribution in [0.4, 0.5) is 0 Å². The summed E-state index contributed by atoms with van der Waals surface area (Å²) in [4.78, 5) is 28.0. The Morgan fingerprint density at radius 1 is 0.944 bits per heavy atom. The zero-order valence-corrected chi connectivity index (χ0v) is 22.8. The van der Waals surface area contributed by atoms with Crippen molar-refractivity contribution in [2.75, 3.05) is 27.4 Å². The molecule has 6 heteroatoms. The Kier molecular flexibility index (Phi) is 7.99. The summed E-state index contributed by atoms with van der Waals surface area (Å²) < 4.78 is 10.7. The van der Waals surface area contributed by atoms with Crippen molar-refractivity contribution in [3.63, 3.8) is 0 Å². The maximum Gasteiger partial charge on any atom is 0.295 e. The lowest BCUT2D eigenvalue weighted by Gasteiger charge is -2.27. The fourth-order valence-electron chi connectivity index (χ4n) is 4.60. The molecule has 1 aliphatic heterocycles. The molecule has 0 saturated carbocycles. The molecule has 1 aliphatic rings. The lowest BCUT2D eigenvalue weighted by molar-refractivity contribution is -0.140. The molecule has 0 bridgehead atoms. The number of aliphatic hydroxyl groups is 1. The van der Waals surface area contributed by atoms with E-state index in [9.17, 15) is 14.7 Å². The molecule has 1 saturated heterocycles. The van der Waals surface area contributed by atoms with Gasteiger partial charge in [0, 0.05) is 31.4 Å². The average molecular weight is 494 g/mol. The van der Waals surface area contributed by atoms with Gasteiger partial charge in [-0.3, -0.25) is 9.59 Å². The standard InChI is InChI=1S/C30H39NO5/c1-29(2,3)21-13-10-19(11-14-21)25-24(27(33)28(34)31(25)16-9-17-35-7)26(32)20-12-15-23(36-8)22(18-20)30(4,5)6/h10-15,18,25,32H,9,16-17H2,1-8H3/b26-24-. The Bertz CT molecular complexity index is 1150. The van der Waals surface area contributed by atoms with Crippen molar-refractivity contribution >= 4 is 17.4 Å². The number of methoxy groups -OCH3 is 2. The molecule has 36 heavy (non-hydrogen) atoms. The van der Waals surface area contributed by atoms with Crippen LogP contribution in [0.2, 0.25) is 0 Å². The van der Waals surface area contributed by atoms with Gasteiger partial charge in [0.05, 0.1) is 18.7 Å². The molecular weight excluding hydrogens is 454 g/mol. The number of nitrogens with zero attached hydrogens (tertiary/aromatic N) is 1. The topological polar surface area (TPSA) is 76.1 Å². The van der Waals surface area contributed by atoms with E-state index < -0.39 is 17.7 Å². The number of hydrogen-bond donors (Lipinski definition) is 1. The van der Waals surface area contributed by atoms with Gasteiger partial charge in [0.25, 0.3) is 11.7 Å². The quantitative estimate of drug-likeness (QED) is 0.230. The first-order valence-electron chi connectivity index (χ1n) is 12.4. The number of carbonyl (C=O) groups is 2. The van der Waals surface area contributed by atoms with Gasteiger partial charge in [0.15, 0.2) is 0 Å². The van der Waals surface area contributed by atoms with E-state index in [0.717, 1.165) is 16.7 Å². The van der Waals surface area contributed by atoms with Gasteiger partial charge in [-0.15, -0.1) is 0 Å². The van der Waals surface area contributed by atoms with E-state index in [1.165, 1.54) is 0 Å². The lowest BCUT2D eigenvalue weighted by atomic mass is 9.84. The van der Waals surface area contributed by atoms with Crippen LogP contribution in [-0.2, 0) is 25.2 Å². The SMILES string of the molecule is COCCCN1C(=O)C(=O)/C(=C(\O)c2ccc(OC)c(C(C)(C)C)c2)C1c1ccc(C(C)(C)C)cc1. The summed E-state index contributed by atoms with van der Waals surface area (Å²) in [5.41, 5.74) is 3.12. The van der Waals surface area contributed by atoms with Crippen molar-refractivity contribution in [2.45, 2.75) is 64.8 Å². The highest BCUT2D eigenvalue weighted by molar-refractivity contribution is 6.46. The first-order valence-corrected chi connectivity index (χ1v) is 12.4. The first kappa shape index (κ1) is 27.5. The maximum atomic E-state index is 13.3. The van der Waals surface area contributed by atoms with Gasteiger partial charge < -0.3 is 19.5 Å². The number of Topliss-reactive ketones (excluding diaryl/α,β-unsaturated/α-hetero) is 1. The van der Waals surface area contributed by atoms with Gasteiger partial charge in [-0.05, 0) is 46.6 Å². The fraction of sp³-hybridized carbons (Fsp3) is 0.467. The summed E-state index contributed by atoms with van der Waals surface area (Å²) in [5.74, 6) is -0.765. The Balaban J connectivity index is 2.18. The molecule has 194 valence electrons. The summed E-state index contributed by atoms with van der Waals surface area (Å²) in [6.07, 6.45) is 0.580. The molecule has 0 aliphatic carbocycles. The molecule has 1 atom stereocenters. The van der Waals surface area contributed by atoms with Crippen molar-refractivity contribution < 1.29 is 24.2 Å². The minimum absolute atomic E-state index is 0.0365. The number of ketones is 1. The van der Waals surface area contributed by atoms with Gasteiger partial charge in [-0.25, -0.2) is 0 Å². The fourth-order valence-corrected chi connectivity index (χ4v) is 4.60. The van der Waals surface area contributed by atoms with E-state index in [1.807, 2.05) is 30.3 Å². The largest absolute Gasteiger partial charge is 0.507 e. The summed E-state index contributed by atoms with van der Waals surface area (Å²) in [5, 5.41) is 11.5. The minimum atomic E-state index is -0.684.